The van der Waals surface area contributed by atoms with E-state index >= 15 is 0 Å². The highest BCUT2D eigenvalue weighted by Gasteiger charge is 2.22. The van der Waals surface area contributed by atoms with E-state index < -0.39 is 0 Å². The van der Waals surface area contributed by atoms with Crippen LogP contribution in [0.4, 0.5) is 0 Å². The quantitative estimate of drug-likeness (QED) is 0.321. The molecule has 0 spiro atoms. The molecule has 0 aromatic rings. The maximum Gasteiger partial charge on any atom is 0.173 e. The van der Waals surface area contributed by atoms with E-state index in [1.807, 2.05) is 0 Å². The van der Waals surface area contributed by atoms with Gasteiger partial charge < -0.3 is 4.74 Å². The van der Waals surface area contributed by atoms with Gasteiger partial charge in [-0.3, -0.25) is 10.2 Å². The molecule has 17 heavy (non-hydrogen) atoms. The molecule has 1 N–H and O–H groups in total. The summed E-state index contributed by atoms with van der Waals surface area (Å²) in [5, 5.41) is 3.17. The third-order valence-corrected chi connectivity index (χ3v) is 3.30. The Morgan fingerprint density at radius 2 is 2.35 bits per heavy atom. The van der Waals surface area contributed by atoms with Gasteiger partial charge in [0.2, 0.25) is 0 Å². The van der Waals surface area contributed by atoms with Crippen molar-refractivity contribution in [3.8, 4) is 0 Å². The molecular formula is C13H27N3O. The molecule has 1 heterocycles. The lowest BCUT2D eigenvalue weighted by Crippen LogP contribution is -2.42. The van der Waals surface area contributed by atoms with E-state index in [2.05, 4.69) is 36.0 Å². The number of rotatable bonds is 7. The molecule has 0 aromatic carbocycles. The maximum absolute atomic E-state index is 5.30. The normalized spacial score (nSPS) is 24.1. The zero-order valence-corrected chi connectivity index (χ0v) is 11.5. The molecule has 0 aromatic heterocycles. The Morgan fingerprint density at radius 3 is 3.06 bits per heavy atom. The molecule has 1 fully saturated rings. The summed E-state index contributed by atoms with van der Waals surface area (Å²) in [5.41, 5.74) is 0. The first kappa shape index (κ1) is 14.5. The molecule has 1 rings (SSSR count). The topological polar surface area (TPSA) is 36.9 Å². The highest BCUT2D eigenvalue weighted by molar-refractivity contribution is 5.46. The molecule has 1 aliphatic rings. The van der Waals surface area contributed by atoms with Gasteiger partial charge in [0.05, 0.1) is 0 Å². The second-order valence-corrected chi connectivity index (χ2v) is 4.78. The van der Waals surface area contributed by atoms with Crippen LogP contribution in [0, 0.1) is 0 Å². The largest absolute Gasteiger partial charge is 0.468 e. The number of hydrogen-bond acceptors (Lipinski definition) is 4. The summed E-state index contributed by atoms with van der Waals surface area (Å²) >= 11 is 0. The van der Waals surface area contributed by atoms with E-state index in [0.717, 1.165) is 19.5 Å². The van der Waals surface area contributed by atoms with Gasteiger partial charge in [0.1, 0.15) is 12.9 Å². The van der Waals surface area contributed by atoms with Gasteiger partial charge in [-0.05, 0) is 39.7 Å². The van der Waals surface area contributed by atoms with Gasteiger partial charge in [-0.2, -0.15) is 0 Å². The Hall–Kier alpha value is -0.610. The Morgan fingerprint density at radius 1 is 1.53 bits per heavy atom. The average Bonchev–Trinajstić information content (AvgIpc) is 2.34. The molecule has 0 radical (unpaired) electrons. The summed E-state index contributed by atoms with van der Waals surface area (Å²) < 4.78 is 5.30. The Bertz CT molecular complexity index is 221. The van der Waals surface area contributed by atoms with Gasteiger partial charge in [-0.15, -0.1) is 0 Å². The molecule has 0 aliphatic carbocycles. The van der Waals surface area contributed by atoms with Crippen LogP contribution in [0.25, 0.3) is 0 Å². The van der Waals surface area contributed by atoms with Gasteiger partial charge in [-0.1, -0.05) is 13.3 Å². The summed E-state index contributed by atoms with van der Waals surface area (Å²) in [4.78, 5) is 6.88. The summed E-state index contributed by atoms with van der Waals surface area (Å²) in [5.74, 6) is 0. The van der Waals surface area contributed by atoms with Crippen molar-refractivity contribution in [3.63, 3.8) is 0 Å². The van der Waals surface area contributed by atoms with Crippen molar-refractivity contribution in [1.29, 1.82) is 0 Å². The van der Waals surface area contributed by atoms with Gasteiger partial charge in [0, 0.05) is 12.6 Å². The van der Waals surface area contributed by atoms with Gasteiger partial charge in [0.15, 0.2) is 6.40 Å². The van der Waals surface area contributed by atoms with Gasteiger partial charge in [-0.25, -0.2) is 4.99 Å². The van der Waals surface area contributed by atoms with Crippen molar-refractivity contribution >= 4 is 6.40 Å². The van der Waals surface area contributed by atoms with Crippen LogP contribution in [0.1, 0.15) is 46.5 Å². The van der Waals surface area contributed by atoms with Crippen LogP contribution in [-0.4, -0.2) is 43.3 Å². The first-order chi connectivity index (χ1) is 8.25. The molecule has 0 saturated carbocycles. The first-order valence-corrected chi connectivity index (χ1v) is 6.85. The summed E-state index contributed by atoms with van der Waals surface area (Å²) in [6.45, 7) is 9.27. The Kier molecular flexibility index (Phi) is 7.21. The SMILES string of the molecule is CCCNCO/C=N/C(C)N1CCCCC1C. The number of hydrogen-bond donors (Lipinski definition) is 1. The highest BCUT2D eigenvalue weighted by Crippen LogP contribution is 2.19. The van der Waals surface area contributed by atoms with E-state index in [0.29, 0.717) is 12.8 Å². The molecule has 2 atom stereocenters. The van der Waals surface area contributed by atoms with E-state index in [1.165, 1.54) is 19.3 Å². The third kappa shape index (κ3) is 5.50. The fourth-order valence-corrected chi connectivity index (χ4v) is 2.24. The van der Waals surface area contributed by atoms with Crippen LogP contribution in [0.2, 0.25) is 0 Å². The minimum Gasteiger partial charge on any atom is -0.468 e. The first-order valence-electron chi connectivity index (χ1n) is 6.85. The number of nitrogens with one attached hydrogen (secondary N) is 1. The molecule has 4 heteroatoms. The van der Waals surface area contributed by atoms with Crippen molar-refractivity contribution in [2.45, 2.75) is 58.7 Å². The molecule has 100 valence electrons. The predicted molar refractivity (Wildman–Crippen MR) is 72.2 cm³/mol. The van der Waals surface area contributed by atoms with Crippen LogP contribution in [0.5, 0.6) is 0 Å². The van der Waals surface area contributed by atoms with E-state index in [1.54, 1.807) is 6.40 Å². The van der Waals surface area contributed by atoms with Crippen LogP contribution < -0.4 is 5.32 Å². The van der Waals surface area contributed by atoms with Gasteiger partial charge >= 0.3 is 0 Å². The lowest BCUT2D eigenvalue weighted by atomic mass is 10.0. The lowest BCUT2D eigenvalue weighted by Gasteiger charge is -2.35. The standard InChI is InChI=1S/C13H27N3O/c1-4-8-14-10-17-11-15-13(3)16-9-6-5-7-12(16)2/h11-14H,4-10H2,1-3H3/b15-11+. The summed E-state index contributed by atoms with van der Waals surface area (Å²) in [7, 11) is 0. The fraction of sp³-hybridized carbons (Fsp3) is 0.923. The number of likely N-dealkylation sites (tertiary alicyclic amines) is 1. The monoisotopic (exact) mass is 241 g/mol. The molecule has 1 aliphatic heterocycles. The zero-order valence-electron chi connectivity index (χ0n) is 11.5. The van der Waals surface area contributed by atoms with Crippen molar-refractivity contribution in [3.05, 3.63) is 0 Å². The zero-order chi connectivity index (χ0) is 12.5. The molecule has 4 nitrogen and oxygen atoms in total. The van der Waals surface area contributed by atoms with Crippen molar-refractivity contribution in [2.75, 3.05) is 19.8 Å². The summed E-state index contributed by atoms with van der Waals surface area (Å²) in [6, 6.07) is 0.647. The van der Waals surface area contributed by atoms with Crippen LogP contribution in [0.15, 0.2) is 4.99 Å². The fourth-order valence-electron chi connectivity index (χ4n) is 2.24. The van der Waals surface area contributed by atoms with E-state index in [-0.39, 0.29) is 6.17 Å². The average molecular weight is 241 g/mol. The smallest absolute Gasteiger partial charge is 0.173 e. The minimum atomic E-state index is 0.233. The lowest BCUT2D eigenvalue weighted by molar-refractivity contribution is 0.117. The highest BCUT2D eigenvalue weighted by atomic mass is 16.5. The van der Waals surface area contributed by atoms with Crippen molar-refractivity contribution < 1.29 is 4.74 Å². The molecule has 2 unspecified atom stereocenters. The van der Waals surface area contributed by atoms with Crippen LogP contribution in [-0.2, 0) is 4.74 Å². The Labute approximate surface area is 105 Å². The molecule has 0 amide bonds. The second-order valence-electron chi connectivity index (χ2n) is 4.78. The van der Waals surface area contributed by atoms with E-state index in [4.69, 9.17) is 4.74 Å². The van der Waals surface area contributed by atoms with Crippen molar-refractivity contribution in [2.24, 2.45) is 4.99 Å². The van der Waals surface area contributed by atoms with Crippen LogP contribution in [0.3, 0.4) is 0 Å². The molecular weight excluding hydrogens is 214 g/mol. The summed E-state index contributed by atoms with van der Waals surface area (Å²) in [6.07, 6.45) is 6.89. The maximum atomic E-state index is 5.30. The molecule has 1 saturated heterocycles. The third-order valence-electron chi connectivity index (χ3n) is 3.30. The second kappa shape index (κ2) is 8.48. The number of ether oxygens (including phenoxy) is 1. The van der Waals surface area contributed by atoms with Crippen molar-refractivity contribution in [1.82, 2.24) is 10.2 Å². The predicted octanol–water partition coefficient (Wildman–Crippen LogP) is 2.21. The number of aliphatic imine (C=N–C) groups is 1. The number of piperidine rings is 1. The minimum absolute atomic E-state index is 0.233. The van der Waals surface area contributed by atoms with E-state index in [9.17, 15) is 0 Å². The Balaban J connectivity index is 2.18. The number of nitrogens with zero attached hydrogens (tertiary/aromatic N) is 2. The molecule has 0 bridgehead atoms. The van der Waals surface area contributed by atoms with Gasteiger partial charge in [0.25, 0.3) is 0 Å². The van der Waals surface area contributed by atoms with Crippen LogP contribution >= 0.6 is 0 Å².